The van der Waals surface area contributed by atoms with Gasteiger partial charge in [0.1, 0.15) is 12.7 Å². The van der Waals surface area contributed by atoms with Crippen LogP contribution in [0, 0.1) is 0 Å². The topological polar surface area (TPSA) is 48.1 Å². The summed E-state index contributed by atoms with van der Waals surface area (Å²) >= 11 is 0. The molecule has 0 amide bonds. The fourth-order valence-electron chi connectivity index (χ4n) is 1.35. The Kier molecular flexibility index (Phi) is 3.10. The van der Waals surface area contributed by atoms with Crippen LogP contribution in [0.2, 0.25) is 0 Å². The lowest BCUT2D eigenvalue weighted by Gasteiger charge is -2.10. The lowest BCUT2D eigenvalue weighted by Crippen LogP contribution is -2.05. The van der Waals surface area contributed by atoms with Gasteiger partial charge in [-0.25, -0.2) is 0 Å². The summed E-state index contributed by atoms with van der Waals surface area (Å²) < 4.78 is 15.7. The molecule has 2 rings (SSSR count). The van der Waals surface area contributed by atoms with Crippen LogP contribution in [0.5, 0.6) is 11.5 Å². The van der Waals surface area contributed by atoms with Crippen molar-refractivity contribution in [2.75, 3.05) is 20.3 Å². The number of epoxide rings is 1. The van der Waals surface area contributed by atoms with Gasteiger partial charge in [-0.05, 0) is 25.1 Å². The first-order chi connectivity index (χ1) is 7.70. The van der Waals surface area contributed by atoms with Crippen molar-refractivity contribution in [1.29, 1.82) is 0 Å². The van der Waals surface area contributed by atoms with Crippen molar-refractivity contribution in [2.45, 2.75) is 13.0 Å². The summed E-state index contributed by atoms with van der Waals surface area (Å²) in [5, 5.41) is 0. The second kappa shape index (κ2) is 4.53. The lowest BCUT2D eigenvalue weighted by atomic mass is 10.1. The molecule has 4 heteroatoms. The van der Waals surface area contributed by atoms with E-state index in [4.69, 9.17) is 14.2 Å². The van der Waals surface area contributed by atoms with Crippen LogP contribution in [0.1, 0.15) is 17.3 Å². The molecular weight excluding hydrogens is 208 g/mol. The number of benzene rings is 1. The second-order valence-corrected chi connectivity index (χ2v) is 3.69. The number of methoxy groups -OCH3 is 1. The SMILES string of the molecule is COc1cc(C(C)=O)ccc1OC[C@H]1CO1. The van der Waals surface area contributed by atoms with Crippen LogP contribution in [0.3, 0.4) is 0 Å². The van der Waals surface area contributed by atoms with Crippen molar-refractivity contribution in [1.82, 2.24) is 0 Å². The molecule has 1 aliphatic heterocycles. The molecule has 0 radical (unpaired) electrons. The summed E-state index contributed by atoms with van der Waals surface area (Å²) in [5.74, 6) is 1.23. The highest BCUT2D eigenvalue weighted by atomic mass is 16.6. The van der Waals surface area contributed by atoms with Crippen molar-refractivity contribution >= 4 is 5.78 Å². The number of carbonyl (C=O) groups is 1. The van der Waals surface area contributed by atoms with Crippen molar-refractivity contribution in [3.63, 3.8) is 0 Å². The molecule has 0 saturated carbocycles. The van der Waals surface area contributed by atoms with Crippen LogP contribution in [-0.2, 0) is 4.74 Å². The van der Waals surface area contributed by atoms with Crippen LogP contribution in [0.15, 0.2) is 18.2 Å². The third-order valence-electron chi connectivity index (χ3n) is 2.40. The molecule has 0 bridgehead atoms. The van der Waals surface area contributed by atoms with E-state index in [-0.39, 0.29) is 11.9 Å². The molecule has 0 aliphatic carbocycles. The molecule has 4 nitrogen and oxygen atoms in total. The molecule has 1 heterocycles. The first kappa shape index (κ1) is 11.0. The Hall–Kier alpha value is -1.55. The van der Waals surface area contributed by atoms with E-state index < -0.39 is 0 Å². The summed E-state index contributed by atoms with van der Waals surface area (Å²) in [6, 6.07) is 5.16. The number of hydrogen-bond acceptors (Lipinski definition) is 4. The Morgan fingerprint density at radius 1 is 1.50 bits per heavy atom. The zero-order valence-corrected chi connectivity index (χ0v) is 9.36. The van der Waals surface area contributed by atoms with E-state index in [9.17, 15) is 4.79 Å². The van der Waals surface area contributed by atoms with Gasteiger partial charge in [0.2, 0.25) is 0 Å². The number of ether oxygens (including phenoxy) is 3. The molecular formula is C12H14O4. The number of Topliss-reactive ketones (excluding diaryl/α,β-unsaturated/α-hetero) is 1. The van der Waals surface area contributed by atoms with Gasteiger partial charge in [-0.2, -0.15) is 0 Å². The van der Waals surface area contributed by atoms with Crippen LogP contribution >= 0.6 is 0 Å². The predicted octanol–water partition coefficient (Wildman–Crippen LogP) is 1.68. The molecule has 1 saturated heterocycles. The minimum atomic E-state index is 0.00961. The van der Waals surface area contributed by atoms with Crippen LogP contribution in [0.4, 0.5) is 0 Å². The van der Waals surface area contributed by atoms with Gasteiger partial charge in [0, 0.05) is 5.56 Å². The van der Waals surface area contributed by atoms with E-state index in [1.54, 1.807) is 25.3 Å². The van der Waals surface area contributed by atoms with E-state index in [2.05, 4.69) is 0 Å². The molecule has 0 N–H and O–H groups in total. The zero-order valence-electron chi connectivity index (χ0n) is 9.36. The third-order valence-corrected chi connectivity index (χ3v) is 2.40. The Morgan fingerprint density at radius 3 is 2.81 bits per heavy atom. The Labute approximate surface area is 94.1 Å². The minimum Gasteiger partial charge on any atom is -0.493 e. The molecule has 1 atom stereocenters. The number of carbonyl (C=O) groups excluding carboxylic acids is 1. The van der Waals surface area contributed by atoms with E-state index in [1.807, 2.05) is 0 Å². The summed E-state index contributed by atoms with van der Waals surface area (Å²) in [6.07, 6.45) is 0.206. The van der Waals surface area contributed by atoms with E-state index >= 15 is 0 Å². The van der Waals surface area contributed by atoms with Gasteiger partial charge in [-0.3, -0.25) is 4.79 Å². The monoisotopic (exact) mass is 222 g/mol. The fraction of sp³-hybridized carbons (Fsp3) is 0.417. The molecule has 16 heavy (non-hydrogen) atoms. The highest BCUT2D eigenvalue weighted by molar-refractivity contribution is 5.94. The molecule has 1 aliphatic rings. The summed E-state index contributed by atoms with van der Waals surface area (Å²) in [5.41, 5.74) is 0.617. The number of ketones is 1. The van der Waals surface area contributed by atoms with Crippen LogP contribution < -0.4 is 9.47 Å². The fourth-order valence-corrected chi connectivity index (χ4v) is 1.35. The maximum Gasteiger partial charge on any atom is 0.161 e. The van der Waals surface area contributed by atoms with Gasteiger partial charge in [0.15, 0.2) is 17.3 Å². The first-order valence-corrected chi connectivity index (χ1v) is 5.14. The predicted molar refractivity (Wildman–Crippen MR) is 58.2 cm³/mol. The summed E-state index contributed by atoms with van der Waals surface area (Å²) in [4.78, 5) is 11.2. The Balaban J connectivity index is 2.12. The van der Waals surface area contributed by atoms with Crippen molar-refractivity contribution < 1.29 is 19.0 Å². The van der Waals surface area contributed by atoms with Crippen molar-refractivity contribution in [2.24, 2.45) is 0 Å². The van der Waals surface area contributed by atoms with E-state index in [0.29, 0.717) is 23.7 Å². The van der Waals surface area contributed by atoms with Gasteiger partial charge in [-0.15, -0.1) is 0 Å². The highest BCUT2D eigenvalue weighted by Gasteiger charge is 2.23. The maximum absolute atomic E-state index is 11.2. The molecule has 1 aromatic rings. The van der Waals surface area contributed by atoms with Crippen LogP contribution in [-0.4, -0.2) is 32.2 Å². The average molecular weight is 222 g/mol. The number of rotatable bonds is 5. The smallest absolute Gasteiger partial charge is 0.161 e. The average Bonchev–Trinajstić information content (AvgIpc) is 3.09. The van der Waals surface area contributed by atoms with Crippen molar-refractivity contribution in [3.8, 4) is 11.5 Å². The highest BCUT2D eigenvalue weighted by Crippen LogP contribution is 2.29. The Morgan fingerprint density at radius 2 is 2.25 bits per heavy atom. The molecule has 86 valence electrons. The Bertz CT molecular complexity index is 396. The first-order valence-electron chi connectivity index (χ1n) is 5.14. The molecule has 1 aromatic carbocycles. The normalized spacial score (nSPS) is 18.0. The van der Waals surface area contributed by atoms with E-state index in [1.165, 1.54) is 6.92 Å². The number of hydrogen-bond donors (Lipinski definition) is 0. The molecule has 0 spiro atoms. The lowest BCUT2D eigenvalue weighted by molar-refractivity contribution is 0.101. The third kappa shape index (κ3) is 2.52. The zero-order chi connectivity index (χ0) is 11.5. The van der Waals surface area contributed by atoms with Gasteiger partial charge in [-0.1, -0.05) is 0 Å². The van der Waals surface area contributed by atoms with Crippen LogP contribution in [0.25, 0.3) is 0 Å². The van der Waals surface area contributed by atoms with E-state index in [0.717, 1.165) is 6.61 Å². The standard InChI is InChI=1S/C12H14O4/c1-8(13)9-3-4-11(12(5-9)14-2)16-7-10-6-15-10/h3-5,10H,6-7H2,1-2H3/t10-/m1/s1. The van der Waals surface area contributed by atoms with Gasteiger partial charge in [0.05, 0.1) is 13.7 Å². The van der Waals surface area contributed by atoms with Gasteiger partial charge in [0.25, 0.3) is 0 Å². The van der Waals surface area contributed by atoms with Crippen molar-refractivity contribution in [3.05, 3.63) is 23.8 Å². The summed E-state index contributed by atoms with van der Waals surface area (Å²) in [7, 11) is 1.56. The molecule has 0 aromatic heterocycles. The minimum absolute atomic E-state index is 0.00961. The maximum atomic E-state index is 11.2. The van der Waals surface area contributed by atoms with Gasteiger partial charge < -0.3 is 14.2 Å². The van der Waals surface area contributed by atoms with Gasteiger partial charge >= 0.3 is 0 Å². The molecule has 1 fully saturated rings. The second-order valence-electron chi connectivity index (χ2n) is 3.69. The molecule has 0 unspecified atom stereocenters. The quantitative estimate of drug-likeness (QED) is 0.561. The summed E-state index contributed by atoms with van der Waals surface area (Å²) in [6.45, 7) is 2.80. The largest absolute Gasteiger partial charge is 0.493 e.